The summed E-state index contributed by atoms with van der Waals surface area (Å²) >= 11 is 7.12. The largest absolute Gasteiger partial charge is 0.245 e. The van der Waals surface area contributed by atoms with Crippen molar-refractivity contribution in [2.45, 2.75) is 0 Å². The Morgan fingerprint density at radius 1 is 0.361 bits per heavy atom. The number of hydrogen-bond acceptors (Lipinski definition) is 6. The van der Waals surface area contributed by atoms with E-state index in [4.69, 9.17) is 0 Å². The summed E-state index contributed by atoms with van der Waals surface area (Å²) < 4.78 is 0. The van der Waals surface area contributed by atoms with Crippen LogP contribution in [0.5, 0.6) is 0 Å². The summed E-state index contributed by atoms with van der Waals surface area (Å²) in [5.41, 5.74) is 2.22. The van der Waals surface area contributed by atoms with E-state index in [1.54, 1.807) is 22.7 Å². The van der Waals surface area contributed by atoms with Gasteiger partial charge in [-0.05, 0) is 59.7 Å². The van der Waals surface area contributed by atoms with Gasteiger partial charge in [-0.2, -0.15) is 0 Å². The fraction of sp³-hybridized carbons (Fsp3) is 0. The second kappa shape index (κ2) is 10.7. The highest BCUT2D eigenvalue weighted by Gasteiger charge is 2.11. The van der Waals surface area contributed by atoms with E-state index in [1.807, 2.05) is 71.5 Å². The molecule has 0 saturated heterocycles. The maximum atomic E-state index is 4.65. The number of rotatable bonds is 7. The molecular weight excluding hydrogens is 517 g/mol. The predicted octanol–water partition coefficient (Wildman–Crippen LogP) is 10.4. The Bertz CT molecular complexity index is 1510. The van der Waals surface area contributed by atoms with Crippen molar-refractivity contribution in [3.63, 3.8) is 0 Å². The standard InChI is InChI=1S/C30H20N2S4/c1-3-7-21(8-4-1)19-31-29-17-15-27(35-29)25-13-11-23(33-25)24-12-14-26(34-24)28-16-18-30(36-28)32-20-22-9-5-2-6-10-22/h1-20H/b31-19+,32-20+. The quantitative estimate of drug-likeness (QED) is 0.181. The van der Waals surface area contributed by atoms with Crippen LogP contribution in [0, 0.1) is 0 Å². The van der Waals surface area contributed by atoms with Gasteiger partial charge in [-0.15, -0.1) is 45.3 Å². The minimum Gasteiger partial charge on any atom is -0.245 e. The molecular formula is C30H20N2S4. The first-order chi connectivity index (χ1) is 17.8. The van der Waals surface area contributed by atoms with Crippen molar-refractivity contribution in [3.8, 4) is 29.3 Å². The average molecular weight is 537 g/mol. The van der Waals surface area contributed by atoms with E-state index in [1.165, 1.54) is 29.3 Å². The highest BCUT2D eigenvalue weighted by Crippen LogP contribution is 2.44. The molecule has 0 aliphatic heterocycles. The summed E-state index contributed by atoms with van der Waals surface area (Å²) in [6, 6.07) is 37.8. The lowest BCUT2D eigenvalue weighted by molar-refractivity contribution is 1.61. The van der Waals surface area contributed by atoms with Gasteiger partial charge in [-0.3, -0.25) is 0 Å². The number of benzene rings is 2. The van der Waals surface area contributed by atoms with Crippen molar-refractivity contribution in [1.29, 1.82) is 0 Å². The molecule has 4 heterocycles. The summed E-state index contributed by atoms with van der Waals surface area (Å²) in [6.07, 6.45) is 3.84. The molecule has 174 valence electrons. The van der Waals surface area contributed by atoms with Crippen LogP contribution in [0.4, 0.5) is 10.0 Å². The molecule has 0 fully saturated rings. The van der Waals surface area contributed by atoms with Crippen molar-refractivity contribution >= 4 is 67.8 Å². The van der Waals surface area contributed by atoms with Crippen molar-refractivity contribution < 1.29 is 0 Å². The van der Waals surface area contributed by atoms with E-state index in [0.29, 0.717) is 0 Å². The molecule has 6 heteroatoms. The van der Waals surface area contributed by atoms with Crippen LogP contribution in [0.2, 0.25) is 0 Å². The third-order valence-corrected chi connectivity index (χ3v) is 10.1. The average Bonchev–Trinajstić information content (AvgIpc) is 3.73. The van der Waals surface area contributed by atoms with Gasteiger partial charge in [0.25, 0.3) is 0 Å². The number of hydrogen-bond donors (Lipinski definition) is 0. The molecule has 0 aliphatic rings. The maximum absolute atomic E-state index is 4.65. The lowest BCUT2D eigenvalue weighted by Gasteiger charge is -1.92. The summed E-state index contributed by atoms with van der Waals surface area (Å²) in [4.78, 5) is 16.9. The molecule has 2 nitrogen and oxygen atoms in total. The number of nitrogens with zero attached hydrogens (tertiary/aromatic N) is 2. The van der Waals surface area contributed by atoms with Crippen molar-refractivity contribution in [1.82, 2.24) is 0 Å². The molecule has 0 saturated carbocycles. The third kappa shape index (κ3) is 5.37. The lowest BCUT2D eigenvalue weighted by atomic mass is 10.2. The molecule has 0 N–H and O–H groups in total. The Morgan fingerprint density at radius 2 is 0.694 bits per heavy atom. The minimum atomic E-state index is 1.02. The van der Waals surface area contributed by atoms with Gasteiger partial charge < -0.3 is 0 Å². The Balaban J connectivity index is 1.15. The van der Waals surface area contributed by atoms with Gasteiger partial charge in [0.05, 0.1) is 0 Å². The predicted molar refractivity (Wildman–Crippen MR) is 162 cm³/mol. The van der Waals surface area contributed by atoms with Gasteiger partial charge in [-0.25, -0.2) is 9.98 Å². The van der Waals surface area contributed by atoms with Crippen LogP contribution in [0.3, 0.4) is 0 Å². The highest BCUT2D eigenvalue weighted by molar-refractivity contribution is 7.29. The van der Waals surface area contributed by atoms with E-state index < -0.39 is 0 Å². The molecule has 0 amide bonds. The molecule has 4 aromatic heterocycles. The Hall–Kier alpha value is -3.42. The summed E-state index contributed by atoms with van der Waals surface area (Å²) in [6.45, 7) is 0. The molecule has 0 radical (unpaired) electrons. The highest BCUT2D eigenvalue weighted by atomic mass is 32.1. The first-order valence-electron chi connectivity index (χ1n) is 11.4. The zero-order chi connectivity index (χ0) is 24.2. The molecule has 0 spiro atoms. The van der Waals surface area contributed by atoms with Gasteiger partial charge in [-0.1, -0.05) is 60.7 Å². The van der Waals surface area contributed by atoms with Crippen LogP contribution in [-0.4, -0.2) is 12.4 Å². The van der Waals surface area contributed by atoms with Crippen molar-refractivity contribution in [2.24, 2.45) is 9.98 Å². The lowest BCUT2D eigenvalue weighted by Crippen LogP contribution is -1.76. The maximum Gasteiger partial charge on any atom is 0.116 e. The van der Waals surface area contributed by atoms with Gasteiger partial charge in [0.15, 0.2) is 0 Å². The molecule has 36 heavy (non-hydrogen) atoms. The zero-order valence-electron chi connectivity index (χ0n) is 19.1. The van der Waals surface area contributed by atoms with Gasteiger partial charge in [0, 0.05) is 41.7 Å². The molecule has 0 bridgehead atoms. The van der Waals surface area contributed by atoms with E-state index in [9.17, 15) is 0 Å². The Labute approximate surface area is 226 Å². The fourth-order valence-electron chi connectivity index (χ4n) is 3.62. The van der Waals surface area contributed by atoms with Crippen LogP contribution in [-0.2, 0) is 0 Å². The molecule has 0 unspecified atom stereocenters. The van der Waals surface area contributed by atoms with Crippen LogP contribution < -0.4 is 0 Å². The normalized spacial score (nSPS) is 11.7. The van der Waals surface area contributed by atoms with Crippen LogP contribution in [0.25, 0.3) is 29.3 Å². The molecule has 6 rings (SSSR count). The first kappa shape index (κ1) is 23.0. The fourth-order valence-corrected chi connectivity index (χ4v) is 7.60. The summed E-state index contributed by atoms with van der Waals surface area (Å²) in [7, 11) is 0. The summed E-state index contributed by atoms with van der Waals surface area (Å²) in [5, 5.41) is 2.04. The smallest absolute Gasteiger partial charge is 0.116 e. The number of thiophene rings is 4. The Morgan fingerprint density at radius 3 is 1.08 bits per heavy atom. The van der Waals surface area contributed by atoms with Crippen LogP contribution >= 0.6 is 45.3 Å². The van der Waals surface area contributed by atoms with Crippen molar-refractivity contribution in [2.75, 3.05) is 0 Å². The second-order valence-electron chi connectivity index (χ2n) is 7.94. The first-order valence-corrected chi connectivity index (χ1v) is 14.7. The summed E-state index contributed by atoms with van der Waals surface area (Å²) in [5.74, 6) is 0. The minimum absolute atomic E-state index is 1.02. The molecule has 6 aromatic rings. The second-order valence-corrected chi connectivity index (χ2v) is 12.2. The van der Waals surface area contributed by atoms with E-state index in [2.05, 4.69) is 82.8 Å². The molecule has 2 aromatic carbocycles. The van der Waals surface area contributed by atoms with E-state index in [0.717, 1.165) is 21.1 Å². The van der Waals surface area contributed by atoms with E-state index in [-0.39, 0.29) is 0 Å². The van der Waals surface area contributed by atoms with Gasteiger partial charge in [0.1, 0.15) is 10.0 Å². The SMILES string of the molecule is C(=N\c1ccc(-c2ccc(-c3ccc(-c4ccc(/N=C/c5ccccc5)s4)s3)s2)s1)/c1ccccc1. The Kier molecular flexibility index (Phi) is 6.83. The monoisotopic (exact) mass is 536 g/mol. The van der Waals surface area contributed by atoms with Crippen LogP contribution in [0.15, 0.2) is 119 Å². The topological polar surface area (TPSA) is 24.7 Å². The van der Waals surface area contributed by atoms with Gasteiger partial charge in [0.2, 0.25) is 0 Å². The van der Waals surface area contributed by atoms with Crippen molar-refractivity contribution in [3.05, 3.63) is 120 Å². The van der Waals surface area contributed by atoms with E-state index >= 15 is 0 Å². The molecule has 0 atom stereocenters. The van der Waals surface area contributed by atoms with Crippen LogP contribution in [0.1, 0.15) is 11.1 Å². The molecule has 0 aliphatic carbocycles. The third-order valence-electron chi connectivity index (χ3n) is 5.41. The number of aliphatic imine (C=N–C) groups is 2. The zero-order valence-corrected chi connectivity index (χ0v) is 22.3. The van der Waals surface area contributed by atoms with Gasteiger partial charge >= 0.3 is 0 Å².